The van der Waals surface area contributed by atoms with Crippen LogP contribution in [0.4, 0.5) is 18.9 Å². The van der Waals surface area contributed by atoms with Gasteiger partial charge in [0.25, 0.3) is 5.92 Å². The Morgan fingerprint density at radius 3 is 2.48 bits per heavy atom. The number of benzene rings is 1. The Labute approximate surface area is 117 Å². The molecule has 0 unspecified atom stereocenters. The predicted octanol–water partition coefficient (Wildman–Crippen LogP) is 0.948. The average Bonchev–Trinajstić information content (AvgIpc) is 2.36. The number of nitrogens with zero attached hydrogens (tertiary/aromatic N) is 1. The number of aliphatic hydroxyl groups is 1. The highest BCUT2D eigenvalue weighted by molar-refractivity contribution is 7.89. The molecule has 7 nitrogen and oxygen atoms in total. The second kappa shape index (κ2) is 5.95. The first-order chi connectivity index (χ1) is 9.50. The van der Waals surface area contributed by atoms with Gasteiger partial charge in [-0.15, -0.1) is 0 Å². The van der Waals surface area contributed by atoms with Crippen LogP contribution in [-0.4, -0.2) is 37.5 Å². The van der Waals surface area contributed by atoms with Crippen LogP contribution in [-0.2, 0) is 10.0 Å². The molecule has 2 N–H and O–H groups in total. The number of aryl methyl sites for hydroxylation is 1. The van der Waals surface area contributed by atoms with E-state index in [1.807, 2.05) is 0 Å². The standard InChI is InChI=1S/C10H11F3N2O5S/c1-6-2-7(11)8(15(17)18)3-9(6)21(19,20)14-4-10(12,13)5-16/h2-3,14,16H,4-5H2,1H3. The number of halogens is 3. The van der Waals surface area contributed by atoms with E-state index >= 15 is 0 Å². The van der Waals surface area contributed by atoms with Crippen molar-refractivity contribution < 1.29 is 31.6 Å². The summed E-state index contributed by atoms with van der Waals surface area (Å²) >= 11 is 0. The van der Waals surface area contributed by atoms with Gasteiger partial charge in [0.2, 0.25) is 15.8 Å². The largest absolute Gasteiger partial charge is 0.390 e. The minimum atomic E-state index is -4.52. The van der Waals surface area contributed by atoms with Crippen LogP contribution in [0.5, 0.6) is 0 Å². The quantitative estimate of drug-likeness (QED) is 0.597. The molecule has 0 aromatic heterocycles. The molecule has 0 spiro atoms. The molecule has 0 aliphatic rings. The van der Waals surface area contributed by atoms with Crippen LogP contribution in [0, 0.1) is 22.9 Å². The maximum atomic E-state index is 13.3. The lowest BCUT2D eigenvalue weighted by Crippen LogP contribution is -2.39. The van der Waals surface area contributed by atoms with Crippen LogP contribution in [0.2, 0.25) is 0 Å². The van der Waals surface area contributed by atoms with Crippen molar-refractivity contribution >= 4 is 15.7 Å². The normalized spacial score (nSPS) is 12.4. The Morgan fingerprint density at radius 2 is 2.00 bits per heavy atom. The SMILES string of the molecule is Cc1cc(F)c([N+](=O)[O-])cc1S(=O)(=O)NCC(F)(F)CO. The fourth-order valence-corrected chi connectivity index (χ4v) is 2.71. The van der Waals surface area contributed by atoms with E-state index in [0.29, 0.717) is 12.1 Å². The Kier molecular flexibility index (Phi) is 4.91. The fraction of sp³-hybridized carbons (Fsp3) is 0.400. The molecule has 0 radical (unpaired) electrons. The van der Waals surface area contributed by atoms with Gasteiger partial charge in [-0.25, -0.2) is 21.9 Å². The highest BCUT2D eigenvalue weighted by Crippen LogP contribution is 2.25. The van der Waals surface area contributed by atoms with Gasteiger partial charge in [0.1, 0.15) is 6.61 Å². The highest BCUT2D eigenvalue weighted by atomic mass is 32.2. The number of rotatable bonds is 6. The molecule has 118 valence electrons. The zero-order valence-corrected chi connectivity index (χ0v) is 11.5. The van der Waals surface area contributed by atoms with Crippen LogP contribution in [0.25, 0.3) is 0 Å². The van der Waals surface area contributed by atoms with Gasteiger partial charge < -0.3 is 5.11 Å². The first-order valence-electron chi connectivity index (χ1n) is 5.43. The van der Waals surface area contributed by atoms with Crippen LogP contribution < -0.4 is 4.72 Å². The molecular formula is C10H11F3N2O5S. The van der Waals surface area contributed by atoms with Gasteiger partial charge >= 0.3 is 5.69 Å². The summed E-state index contributed by atoms with van der Waals surface area (Å²) < 4.78 is 64.1. The molecule has 1 rings (SSSR count). The molecule has 21 heavy (non-hydrogen) atoms. The number of hydrogen-bond acceptors (Lipinski definition) is 5. The number of nitrogens with one attached hydrogen (secondary N) is 1. The van der Waals surface area contributed by atoms with Gasteiger partial charge in [0, 0.05) is 6.07 Å². The van der Waals surface area contributed by atoms with E-state index in [0.717, 1.165) is 6.92 Å². The van der Waals surface area contributed by atoms with Crippen molar-refractivity contribution in [3.8, 4) is 0 Å². The molecule has 0 aliphatic carbocycles. The van der Waals surface area contributed by atoms with Crippen molar-refractivity contribution in [3.05, 3.63) is 33.6 Å². The maximum Gasteiger partial charge on any atom is 0.306 e. The Hall–Kier alpha value is -1.72. The van der Waals surface area contributed by atoms with E-state index < -0.39 is 50.4 Å². The van der Waals surface area contributed by atoms with Crippen molar-refractivity contribution in [1.29, 1.82) is 0 Å². The Balaban J connectivity index is 3.20. The highest BCUT2D eigenvalue weighted by Gasteiger charge is 2.31. The van der Waals surface area contributed by atoms with Crippen LogP contribution in [0.1, 0.15) is 5.56 Å². The minimum absolute atomic E-state index is 0.182. The molecule has 0 aliphatic heterocycles. The van der Waals surface area contributed by atoms with Gasteiger partial charge in [-0.05, 0) is 18.6 Å². The predicted molar refractivity (Wildman–Crippen MR) is 65.0 cm³/mol. The lowest BCUT2D eigenvalue weighted by molar-refractivity contribution is -0.387. The summed E-state index contributed by atoms with van der Waals surface area (Å²) in [6, 6.07) is 1.07. The van der Waals surface area contributed by atoms with E-state index in [2.05, 4.69) is 0 Å². The third-order valence-electron chi connectivity index (χ3n) is 2.48. The molecule has 0 atom stereocenters. The third-order valence-corrected chi connectivity index (χ3v) is 4.03. The topological polar surface area (TPSA) is 110 Å². The second-order valence-electron chi connectivity index (χ2n) is 4.16. The van der Waals surface area contributed by atoms with E-state index in [1.54, 1.807) is 0 Å². The Bertz CT molecular complexity index is 663. The summed E-state index contributed by atoms with van der Waals surface area (Å²) in [6.45, 7) is -1.81. The molecular weight excluding hydrogens is 317 g/mol. The van der Waals surface area contributed by atoms with Crippen molar-refractivity contribution in [1.82, 2.24) is 4.72 Å². The van der Waals surface area contributed by atoms with Gasteiger partial charge in [-0.3, -0.25) is 10.1 Å². The lowest BCUT2D eigenvalue weighted by atomic mass is 10.2. The van der Waals surface area contributed by atoms with Crippen molar-refractivity contribution in [2.24, 2.45) is 0 Å². The van der Waals surface area contributed by atoms with Crippen molar-refractivity contribution in [2.45, 2.75) is 17.7 Å². The van der Waals surface area contributed by atoms with E-state index in [9.17, 15) is 31.7 Å². The van der Waals surface area contributed by atoms with Gasteiger partial charge in [-0.1, -0.05) is 0 Å². The molecule has 0 saturated carbocycles. The molecule has 1 aromatic carbocycles. The summed E-state index contributed by atoms with van der Waals surface area (Å²) in [6.07, 6.45) is 0. The van der Waals surface area contributed by atoms with Crippen molar-refractivity contribution in [2.75, 3.05) is 13.2 Å². The third kappa shape index (κ3) is 4.12. The summed E-state index contributed by atoms with van der Waals surface area (Å²) in [7, 11) is -4.52. The minimum Gasteiger partial charge on any atom is -0.390 e. The Morgan fingerprint density at radius 1 is 1.43 bits per heavy atom. The summed E-state index contributed by atoms with van der Waals surface area (Å²) in [4.78, 5) is 8.75. The van der Waals surface area contributed by atoms with Crippen molar-refractivity contribution in [3.63, 3.8) is 0 Å². The number of sulfonamides is 1. The summed E-state index contributed by atoms with van der Waals surface area (Å²) in [5.41, 5.74) is -1.27. The molecule has 11 heteroatoms. The monoisotopic (exact) mass is 328 g/mol. The molecule has 0 saturated heterocycles. The number of nitro benzene ring substituents is 1. The summed E-state index contributed by atoms with van der Waals surface area (Å²) in [5.74, 6) is -4.93. The zero-order valence-electron chi connectivity index (χ0n) is 10.6. The molecule has 0 bridgehead atoms. The number of hydrogen-bond donors (Lipinski definition) is 2. The molecule has 0 amide bonds. The molecule has 0 fully saturated rings. The summed E-state index contributed by atoms with van der Waals surface area (Å²) in [5, 5.41) is 18.9. The number of aliphatic hydroxyl groups excluding tert-OH is 1. The number of alkyl halides is 2. The van der Waals surface area contributed by atoms with E-state index in [1.165, 1.54) is 4.72 Å². The average molecular weight is 328 g/mol. The van der Waals surface area contributed by atoms with E-state index in [-0.39, 0.29) is 5.56 Å². The smallest absolute Gasteiger partial charge is 0.306 e. The zero-order chi connectivity index (χ0) is 16.4. The number of nitro groups is 1. The van der Waals surface area contributed by atoms with Crippen LogP contribution >= 0.6 is 0 Å². The first kappa shape index (κ1) is 17.3. The van der Waals surface area contributed by atoms with Crippen LogP contribution in [0.3, 0.4) is 0 Å². The van der Waals surface area contributed by atoms with Gasteiger partial charge in [0.15, 0.2) is 0 Å². The maximum absolute atomic E-state index is 13.3. The first-order valence-corrected chi connectivity index (χ1v) is 6.91. The second-order valence-corrected chi connectivity index (χ2v) is 5.90. The fourth-order valence-electron chi connectivity index (χ4n) is 1.41. The van der Waals surface area contributed by atoms with Crippen LogP contribution in [0.15, 0.2) is 17.0 Å². The lowest BCUT2D eigenvalue weighted by Gasteiger charge is -2.15. The molecule has 0 heterocycles. The van der Waals surface area contributed by atoms with Gasteiger partial charge in [0.05, 0.1) is 16.4 Å². The van der Waals surface area contributed by atoms with E-state index in [4.69, 9.17) is 5.11 Å². The molecule has 1 aromatic rings. The van der Waals surface area contributed by atoms with Gasteiger partial charge in [-0.2, -0.15) is 4.39 Å².